The number of aryl methyl sites for hydroxylation is 1. The fourth-order valence-corrected chi connectivity index (χ4v) is 1.39. The Bertz CT molecular complexity index is 364. The number of benzene rings is 1. The second-order valence-electron chi connectivity index (χ2n) is 3.57. The van der Waals surface area contributed by atoms with Gasteiger partial charge in [-0.2, -0.15) is 5.26 Å². The molecule has 0 saturated heterocycles. The molecule has 0 aliphatic rings. The standard InChI is InChI=1S/C12H16N2O/c1-3-11(8-15)14-12-5-4-10(7-13)6-9(12)2/h4-6,11,14-15H,3,8H2,1-2H3. The smallest absolute Gasteiger partial charge is 0.0991 e. The van der Waals surface area contributed by atoms with E-state index in [4.69, 9.17) is 10.4 Å². The molecule has 1 unspecified atom stereocenters. The van der Waals surface area contributed by atoms with Gasteiger partial charge in [0.1, 0.15) is 0 Å². The summed E-state index contributed by atoms with van der Waals surface area (Å²) in [6, 6.07) is 7.68. The van der Waals surface area contributed by atoms with Crippen LogP contribution in [0.25, 0.3) is 0 Å². The van der Waals surface area contributed by atoms with Crippen LogP contribution in [-0.2, 0) is 0 Å². The zero-order chi connectivity index (χ0) is 11.3. The maximum atomic E-state index is 9.06. The molecule has 0 spiro atoms. The van der Waals surface area contributed by atoms with E-state index >= 15 is 0 Å². The first-order valence-corrected chi connectivity index (χ1v) is 5.09. The number of aliphatic hydroxyl groups is 1. The Balaban J connectivity index is 2.83. The van der Waals surface area contributed by atoms with E-state index in [1.807, 2.05) is 26.0 Å². The molecule has 3 nitrogen and oxygen atoms in total. The van der Waals surface area contributed by atoms with Gasteiger partial charge in [-0.25, -0.2) is 0 Å². The van der Waals surface area contributed by atoms with Crippen molar-refractivity contribution in [2.45, 2.75) is 26.3 Å². The number of anilines is 1. The summed E-state index contributed by atoms with van der Waals surface area (Å²) in [6.45, 7) is 4.09. The molecular formula is C12H16N2O. The van der Waals surface area contributed by atoms with Gasteiger partial charge in [-0.1, -0.05) is 6.92 Å². The SMILES string of the molecule is CCC(CO)Nc1ccc(C#N)cc1C. The molecule has 1 atom stereocenters. The number of nitrogens with zero attached hydrogens (tertiary/aromatic N) is 1. The molecule has 0 aromatic heterocycles. The van der Waals surface area contributed by atoms with E-state index in [2.05, 4.69) is 11.4 Å². The van der Waals surface area contributed by atoms with Gasteiger partial charge in [-0.15, -0.1) is 0 Å². The third-order valence-corrected chi connectivity index (χ3v) is 2.43. The maximum Gasteiger partial charge on any atom is 0.0991 e. The molecule has 0 aliphatic heterocycles. The van der Waals surface area contributed by atoms with Crippen LogP contribution in [0.5, 0.6) is 0 Å². The van der Waals surface area contributed by atoms with Crippen molar-refractivity contribution < 1.29 is 5.11 Å². The summed E-state index contributed by atoms with van der Waals surface area (Å²) in [5, 5.41) is 21.0. The van der Waals surface area contributed by atoms with Crippen LogP contribution in [0.2, 0.25) is 0 Å². The minimum absolute atomic E-state index is 0.0802. The summed E-state index contributed by atoms with van der Waals surface area (Å²) >= 11 is 0. The highest BCUT2D eigenvalue weighted by Crippen LogP contribution is 2.17. The van der Waals surface area contributed by atoms with Crippen LogP contribution in [-0.4, -0.2) is 17.8 Å². The van der Waals surface area contributed by atoms with E-state index in [0.29, 0.717) is 5.56 Å². The molecule has 0 saturated carbocycles. The Kier molecular flexibility index (Phi) is 4.14. The van der Waals surface area contributed by atoms with Gasteiger partial charge < -0.3 is 10.4 Å². The lowest BCUT2D eigenvalue weighted by Crippen LogP contribution is -2.22. The van der Waals surface area contributed by atoms with Gasteiger partial charge in [0.2, 0.25) is 0 Å². The van der Waals surface area contributed by atoms with Crippen molar-refractivity contribution in [3.8, 4) is 6.07 Å². The van der Waals surface area contributed by atoms with Crippen molar-refractivity contribution in [1.82, 2.24) is 0 Å². The van der Waals surface area contributed by atoms with E-state index in [1.165, 1.54) is 0 Å². The minimum Gasteiger partial charge on any atom is -0.394 e. The van der Waals surface area contributed by atoms with E-state index < -0.39 is 0 Å². The van der Waals surface area contributed by atoms with Crippen LogP contribution in [0, 0.1) is 18.3 Å². The van der Waals surface area contributed by atoms with Gasteiger partial charge >= 0.3 is 0 Å². The highest BCUT2D eigenvalue weighted by atomic mass is 16.3. The lowest BCUT2D eigenvalue weighted by atomic mass is 10.1. The van der Waals surface area contributed by atoms with Gasteiger partial charge in [0.25, 0.3) is 0 Å². The number of nitriles is 1. The van der Waals surface area contributed by atoms with E-state index in [9.17, 15) is 0 Å². The van der Waals surface area contributed by atoms with Crippen LogP contribution in [0.1, 0.15) is 24.5 Å². The van der Waals surface area contributed by atoms with Crippen LogP contribution in [0.15, 0.2) is 18.2 Å². The van der Waals surface area contributed by atoms with E-state index in [-0.39, 0.29) is 12.6 Å². The number of aliphatic hydroxyl groups excluding tert-OH is 1. The first-order chi connectivity index (χ1) is 7.21. The zero-order valence-electron chi connectivity index (χ0n) is 9.12. The normalized spacial score (nSPS) is 11.9. The van der Waals surface area contributed by atoms with Crippen LogP contribution >= 0.6 is 0 Å². The topological polar surface area (TPSA) is 56.0 Å². The molecule has 1 aromatic rings. The second-order valence-corrected chi connectivity index (χ2v) is 3.57. The number of hydrogen-bond acceptors (Lipinski definition) is 3. The fourth-order valence-electron chi connectivity index (χ4n) is 1.39. The average Bonchev–Trinajstić information content (AvgIpc) is 2.27. The van der Waals surface area contributed by atoms with Gasteiger partial charge in [-0.05, 0) is 37.1 Å². The monoisotopic (exact) mass is 204 g/mol. The lowest BCUT2D eigenvalue weighted by molar-refractivity contribution is 0.272. The predicted molar refractivity (Wildman–Crippen MR) is 60.7 cm³/mol. The first-order valence-electron chi connectivity index (χ1n) is 5.09. The van der Waals surface area contributed by atoms with E-state index in [1.54, 1.807) is 6.07 Å². The Morgan fingerprint density at radius 1 is 1.53 bits per heavy atom. The first kappa shape index (κ1) is 11.5. The highest BCUT2D eigenvalue weighted by molar-refractivity contribution is 5.54. The van der Waals surface area contributed by atoms with Crippen LogP contribution in [0.4, 0.5) is 5.69 Å². The molecule has 3 heteroatoms. The molecule has 0 bridgehead atoms. The molecule has 0 heterocycles. The molecule has 0 amide bonds. The lowest BCUT2D eigenvalue weighted by Gasteiger charge is -2.17. The maximum absolute atomic E-state index is 9.06. The molecule has 0 aliphatic carbocycles. The van der Waals surface area contributed by atoms with Gasteiger partial charge in [0, 0.05) is 11.7 Å². The quantitative estimate of drug-likeness (QED) is 0.789. The summed E-state index contributed by atoms with van der Waals surface area (Å²) in [5.41, 5.74) is 2.67. The van der Waals surface area contributed by atoms with Gasteiger partial charge in [0.15, 0.2) is 0 Å². The third-order valence-electron chi connectivity index (χ3n) is 2.43. The fraction of sp³-hybridized carbons (Fsp3) is 0.417. The largest absolute Gasteiger partial charge is 0.394 e. The number of rotatable bonds is 4. The van der Waals surface area contributed by atoms with Crippen molar-refractivity contribution in [2.75, 3.05) is 11.9 Å². The summed E-state index contributed by atoms with van der Waals surface area (Å²) in [6.07, 6.45) is 0.871. The van der Waals surface area contributed by atoms with E-state index in [0.717, 1.165) is 17.7 Å². The van der Waals surface area contributed by atoms with Gasteiger partial charge in [-0.3, -0.25) is 0 Å². The molecule has 80 valence electrons. The highest BCUT2D eigenvalue weighted by Gasteiger charge is 2.06. The number of nitrogens with one attached hydrogen (secondary N) is 1. The summed E-state index contributed by atoms with van der Waals surface area (Å²) < 4.78 is 0. The van der Waals surface area contributed by atoms with Crippen molar-refractivity contribution in [3.63, 3.8) is 0 Å². The molecule has 1 rings (SSSR count). The molecule has 1 aromatic carbocycles. The molecule has 0 radical (unpaired) electrons. The van der Waals surface area contributed by atoms with Crippen LogP contribution in [0.3, 0.4) is 0 Å². The molecule has 15 heavy (non-hydrogen) atoms. The Morgan fingerprint density at radius 3 is 2.73 bits per heavy atom. The number of hydrogen-bond donors (Lipinski definition) is 2. The second kappa shape index (κ2) is 5.38. The average molecular weight is 204 g/mol. The van der Waals surface area contributed by atoms with Gasteiger partial charge in [0.05, 0.1) is 18.2 Å². The van der Waals surface area contributed by atoms with Crippen molar-refractivity contribution in [1.29, 1.82) is 5.26 Å². The summed E-state index contributed by atoms with van der Waals surface area (Å²) in [4.78, 5) is 0. The van der Waals surface area contributed by atoms with Crippen molar-refractivity contribution >= 4 is 5.69 Å². The Hall–Kier alpha value is -1.53. The van der Waals surface area contributed by atoms with Crippen LogP contribution < -0.4 is 5.32 Å². The molecular weight excluding hydrogens is 188 g/mol. The third kappa shape index (κ3) is 2.97. The molecule has 2 N–H and O–H groups in total. The predicted octanol–water partition coefficient (Wildman–Crippen LogP) is 2.05. The Morgan fingerprint density at radius 2 is 2.27 bits per heavy atom. The minimum atomic E-state index is 0.0802. The summed E-state index contributed by atoms with van der Waals surface area (Å²) in [5.74, 6) is 0. The molecule has 0 fully saturated rings. The Labute approximate surface area is 90.4 Å². The summed E-state index contributed by atoms with van der Waals surface area (Å²) in [7, 11) is 0. The van der Waals surface area contributed by atoms with Crippen molar-refractivity contribution in [3.05, 3.63) is 29.3 Å². The van der Waals surface area contributed by atoms with Crippen molar-refractivity contribution in [2.24, 2.45) is 0 Å². The zero-order valence-corrected chi connectivity index (χ0v) is 9.12.